The SMILES string of the molecule is COc1cc(-c2nncn2C)ccc1Nc1ncc2cc(C)nc(N3CC(C#N)(C(C)C)C3)c2n1. The van der Waals surface area contributed by atoms with E-state index in [1.807, 2.05) is 42.8 Å². The Hall–Kier alpha value is -4.26. The molecular weight excluding hydrogens is 442 g/mol. The standard InChI is InChI=1S/C25H27N9O/c1-15(2)25(11-26)12-34(13-25)23-21-18(8-16(3)29-23)10-27-24(31-21)30-19-7-6-17(9-20(19)35-5)22-32-28-14-33(22)4/h6-10,14-15H,12-13H2,1-5H3,(H,27,30,31). The predicted octanol–water partition coefficient (Wildman–Crippen LogP) is 3.87. The summed E-state index contributed by atoms with van der Waals surface area (Å²) in [5.74, 6) is 2.86. The molecule has 1 saturated heterocycles. The van der Waals surface area contributed by atoms with Gasteiger partial charge in [0.2, 0.25) is 5.95 Å². The molecule has 0 amide bonds. The molecule has 4 aromatic rings. The highest BCUT2D eigenvalue weighted by Crippen LogP contribution is 2.41. The number of anilines is 3. The van der Waals surface area contributed by atoms with Crippen LogP contribution in [0.5, 0.6) is 5.75 Å². The third-order valence-corrected chi connectivity index (χ3v) is 6.67. The molecular formula is C25H27N9O. The molecule has 0 radical (unpaired) electrons. The van der Waals surface area contributed by atoms with Gasteiger partial charge in [-0.2, -0.15) is 5.26 Å². The molecule has 0 bridgehead atoms. The van der Waals surface area contributed by atoms with Crippen LogP contribution in [0, 0.1) is 29.6 Å². The Labute approximate surface area is 203 Å². The largest absolute Gasteiger partial charge is 0.495 e. The Morgan fingerprint density at radius 1 is 1.20 bits per heavy atom. The second-order valence-corrected chi connectivity index (χ2v) is 9.30. The van der Waals surface area contributed by atoms with Crippen LogP contribution in [0.15, 0.2) is 36.8 Å². The molecule has 5 rings (SSSR count). The number of ether oxygens (including phenoxy) is 1. The number of rotatable bonds is 6. The zero-order valence-corrected chi connectivity index (χ0v) is 20.4. The number of nitriles is 1. The number of nitrogens with one attached hydrogen (secondary N) is 1. The molecule has 0 aliphatic carbocycles. The molecule has 1 aromatic carbocycles. The Balaban J connectivity index is 1.48. The van der Waals surface area contributed by atoms with E-state index < -0.39 is 0 Å². The van der Waals surface area contributed by atoms with Crippen molar-refractivity contribution in [1.29, 1.82) is 5.26 Å². The van der Waals surface area contributed by atoms with Gasteiger partial charge in [-0.25, -0.2) is 15.0 Å². The summed E-state index contributed by atoms with van der Waals surface area (Å²) in [5.41, 5.74) is 2.89. The van der Waals surface area contributed by atoms with Gasteiger partial charge in [0.05, 0.1) is 24.3 Å². The van der Waals surface area contributed by atoms with Crippen molar-refractivity contribution in [3.05, 3.63) is 42.5 Å². The maximum absolute atomic E-state index is 9.74. The van der Waals surface area contributed by atoms with E-state index in [0.29, 0.717) is 24.8 Å². The van der Waals surface area contributed by atoms with Crippen LogP contribution >= 0.6 is 0 Å². The average molecular weight is 470 g/mol. The number of hydrogen-bond donors (Lipinski definition) is 1. The van der Waals surface area contributed by atoms with Crippen LogP contribution in [0.25, 0.3) is 22.3 Å². The first-order valence-electron chi connectivity index (χ1n) is 11.4. The van der Waals surface area contributed by atoms with Crippen LogP contribution in [0.4, 0.5) is 17.5 Å². The highest BCUT2D eigenvalue weighted by molar-refractivity contribution is 5.90. The van der Waals surface area contributed by atoms with Crippen LogP contribution in [-0.4, -0.2) is 49.9 Å². The van der Waals surface area contributed by atoms with Crippen LogP contribution in [0.3, 0.4) is 0 Å². The number of fused-ring (bicyclic) bond motifs is 1. The smallest absolute Gasteiger partial charge is 0.227 e. The Morgan fingerprint density at radius 2 is 2.00 bits per heavy atom. The van der Waals surface area contributed by atoms with Gasteiger partial charge in [-0.1, -0.05) is 13.8 Å². The van der Waals surface area contributed by atoms with Crippen molar-refractivity contribution < 1.29 is 4.74 Å². The lowest BCUT2D eigenvalue weighted by Crippen LogP contribution is -2.58. The topological polar surface area (TPSA) is 118 Å². The highest BCUT2D eigenvalue weighted by atomic mass is 16.5. The minimum absolute atomic E-state index is 0.267. The number of methoxy groups -OCH3 is 1. The van der Waals surface area contributed by atoms with E-state index in [2.05, 4.69) is 45.3 Å². The first kappa shape index (κ1) is 22.5. The molecule has 1 fully saturated rings. The van der Waals surface area contributed by atoms with Crippen LogP contribution in [0.2, 0.25) is 0 Å². The summed E-state index contributed by atoms with van der Waals surface area (Å²) < 4.78 is 7.47. The molecule has 10 heteroatoms. The number of pyridine rings is 1. The third kappa shape index (κ3) is 3.89. The van der Waals surface area contributed by atoms with Crippen molar-refractivity contribution >= 4 is 28.4 Å². The van der Waals surface area contributed by atoms with Crippen molar-refractivity contribution in [3.8, 4) is 23.2 Å². The fraction of sp³-hybridized carbons (Fsp3) is 0.360. The lowest BCUT2D eigenvalue weighted by molar-refractivity contribution is 0.211. The van der Waals surface area contributed by atoms with Gasteiger partial charge in [-0.05, 0) is 37.1 Å². The zero-order valence-electron chi connectivity index (χ0n) is 20.4. The number of aromatic nitrogens is 6. The van der Waals surface area contributed by atoms with Crippen molar-refractivity contribution in [2.45, 2.75) is 20.8 Å². The molecule has 1 aliphatic rings. The van der Waals surface area contributed by atoms with Crippen molar-refractivity contribution in [2.75, 3.05) is 30.4 Å². The summed E-state index contributed by atoms with van der Waals surface area (Å²) in [6, 6.07) is 10.2. The summed E-state index contributed by atoms with van der Waals surface area (Å²) in [5, 5.41) is 22.0. The van der Waals surface area contributed by atoms with E-state index in [4.69, 9.17) is 14.7 Å². The lowest BCUT2D eigenvalue weighted by atomic mass is 9.72. The number of aryl methyl sites for hydroxylation is 2. The van der Waals surface area contributed by atoms with Crippen LogP contribution < -0.4 is 15.0 Å². The third-order valence-electron chi connectivity index (χ3n) is 6.67. The summed E-state index contributed by atoms with van der Waals surface area (Å²) in [4.78, 5) is 16.2. The molecule has 0 atom stereocenters. The number of benzene rings is 1. The molecule has 1 aliphatic heterocycles. The quantitative estimate of drug-likeness (QED) is 0.449. The molecule has 35 heavy (non-hydrogen) atoms. The predicted molar refractivity (Wildman–Crippen MR) is 133 cm³/mol. The minimum atomic E-state index is -0.357. The molecule has 1 N–H and O–H groups in total. The van der Waals surface area contributed by atoms with Crippen LogP contribution in [0.1, 0.15) is 19.5 Å². The van der Waals surface area contributed by atoms with Gasteiger partial charge >= 0.3 is 0 Å². The Morgan fingerprint density at radius 3 is 2.66 bits per heavy atom. The highest BCUT2D eigenvalue weighted by Gasteiger charge is 2.47. The number of hydrogen-bond acceptors (Lipinski definition) is 9. The summed E-state index contributed by atoms with van der Waals surface area (Å²) in [7, 11) is 3.51. The monoisotopic (exact) mass is 469 g/mol. The summed E-state index contributed by atoms with van der Waals surface area (Å²) in [6.45, 7) is 7.41. The fourth-order valence-electron chi connectivity index (χ4n) is 4.38. The molecule has 0 unspecified atom stereocenters. The molecule has 10 nitrogen and oxygen atoms in total. The second kappa shape index (κ2) is 8.51. The van der Waals surface area contributed by atoms with E-state index in [-0.39, 0.29) is 11.3 Å². The van der Waals surface area contributed by atoms with E-state index in [0.717, 1.165) is 39.5 Å². The zero-order chi connectivity index (χ0) is 24.7. The maximum Gasteiger partial charge on any atom is 0.227 e. The molecule has 178 valence electrons. The summed E-state index contributed by atoms with van der Waals surface area (Å²) in [6.07, 6.45) is 3.45. The maximum atomic E-state index is 9.74. The first-order valence-corrected chi connectivity index (χ1v) is 11.4. The minimum Gasteiger partial charge on any atom is -0.495 e. The van der Waals surface area contributed by atoms with Crippen LogP contribution in [-0.2, 0) is 7.05 Å². The molecule has 0 saturated carbocycles. The van der Waals surface area contributed by atoms with Crippen molar-refractivity contribution in [1.82, 2.24) is 29.7 Å². The first-order chi connectivity index (χ1) is 16.8. The van der Waals surface area contributed by atoms with Gasteiger partial charge in [-0.15, -0.1) is 10.2 Å². The van der Waals surface area contributed by atoms with Gasteiger partial charge in [0.15, 0.2) is 11.6 Å². The molecule has 3 aromatic heterocycles. The van der Waals surface area contributed by atoms with Gasteiger partial charge in [0, 0.05) is 43.0 Å². The van der Waals surface area contributed by atoms with E-state index in [1.54, 1.807) is 19.6 Å². The van der Waals surface area contributed by atoms with Crippen molar-refractivity contribution in [2.24, 2.45) is 18.4 Å². The van der Waals surface area contributed by atoms with Gasteiger partial charge in [-0.3, -0.25) is 0 Å². The van der Waals surface area contributed by atoms with E-state index in [1.165, 1.54) is 0 Å². The molecule has 0 spiro atoms. The Bertz CT molecular complexity index is 1450. The second-order valence-electron chi connectivity index (χ2n) is 9.30. The normalized spacial score (nSPS) is 14.6. The average Bonchev–Trinajstić information content (AvgIpc) is 3.24. The van der Waals surface area contributed by atoms with E-state index >= 15 is 0 Å². The van der Waals surface area contributed by atoms with Crippen molar-refractivity contribution in [3.63, 3.8) is 0 Å². The van der Waals surface area contributed by atoms with Gasteiger partial charge < -0.3 is 19.5 Å². The number of nitrogens with zero attached hydrogens (tertiary/aromatic N) is 8. The Kier molecular flexibility index (Phi) is 5.47. The van der Waals surface area contributed by atoms with Gasteiger partial charge in [0.1, 0.15) is 17.6 Å². The van der Waals surface area contributed by atoms with Gasteiger partial charge in [0.25, 0.3) is 0 Å². The molecule has 4 heterocycles. The lowest BCUT2D eigenvalue weighted by Gasteiger charge is -2.48. The van der Waals surface area contributed by atoms with E-state index in [9.17, 15) is 5.26 Å². The summed E-state index contributed by atoms with van der Waals surface area (Å²) >= 11 is 0. The fourth-order valence-corrected chi connectivity index (χ4v) is 4.38.